The number of esters is 1. The summed E-state index contributed by atoms with van der Waals surface area (Å²) in [5, 5.41) is 6.95. The van der Waals surface area contributed by atoms with Crippen LogP contribution in [0.15, 0.2) is 52.9 Å². The molecule has 2 amide bonds. The second-order valence-electron chi connectivity index (χ2n) is 6.70. The zero-order valence-electron chi connectivity index (χ0n) is 16.4. The molecule has 0 unspecified atom stereocenters. The number of ether oxygens (including phenoxy) is 1. The summed E-state index contributed by atoms with van der Waals surface area (Å²) < 4.78 is 10.6. The Bertz CT molecular complexity index is 1280. The van der Waals surface area contributed by atoms with E-state index in [1.165, 1.54) is 6.92 Å². The van der Waals surface area contributed by atoms with Gasteiger partial charge in [0, 0.05) is 34.6 Å². The molecule has 30 heavy (non-hydrogen) atoms. The summed E-state index contributed by atoms with van der Waals surface area (Å²) in [5.74, 6) is -0.874. The highest BCUT2D eigenvalue weighted by molar-refractivity contribution is 6.06. The Balaban J connectivity index is 1.54. The number of amides is 2. The van der Waals surface area contributed by atoms with Gasteiger partial charge in [-0.2, -0.15) is 0 Å². The Morgan fingerprint density at radius 2 is 1.70 bits per heavy atom. The number of H-pyrrole nitrogens is 1. The van der Waals surface area contributed by atoms with Crippen molar-refractivity contribution in [2.45, 2.75) is 13.8 Å². The number of anilines is 2. The van der Waals surface area contributed by atoms with Crippen molar-refractivity contribution >= 4 is 51.0 Å². The molecule has 0 aliphatic heterocycles. The lowest BCUT2D eigenvalue weighted by Gasteiger charge is -2.03. The van der Waals surface area contributed by atoms with Gasteiger partial charge >= 0.3 is 5.97 Å². The minimum absolute atomic E-state index is 0.145. The molecule has 4 aromatic rings. The highest BCUT2D eigenvalue weighted by Crippen LogP contribution is 2.25. The number of aromatic amines is 1. The lowest BCUT2D eigenvalue weighted by Crippen LogP contribution is -2.10. The Labute approximate surface area is 171 Å². The van der Waals surface area contributed by atoms with E-state index in [4.69, 9.17) is 9.15 Å². The van der Waals surface area contributed by atoms with Gasteiger partial charge in [-0.05, 0) is 55.5 Å². The summed E-state index contributed by atoms with van der Waals surface area (Å²) in [5.41, 5.74) is 2.82. The quantitative estimate of drug-likeness (QED) is 0.428. The summed E-state index contributed by atoms with van der Waals surface area (Å²) in [4.78, 5) is 38.7. The summed E-state index contributed by atoms with van der Waals surface area (Å²) in [7, 11) is 0. The second kappa shape index (κ2) is 7.75. The van der Waals surface area contributed by atoms with E-state index in [0.717, 1.165) is 10.9 Å². The number of carbonyl (C=O) groups excluding carboxylic acids is 3. The van der Waals surface area contributed by atoms with Crippen LogP contribution in [0.1, 0.15) is 34.9 Å². The van der Waals surface area contributed by atoms with E-state index in [-0.39, 0.29) is 11.7 Å². The van der Waals surface area contributed by atoms with Crippen LogP contribution < -0.4 is 10.6 Å². The topological polar surface area (TPSA) is 113 Å². The molecule has 0 spiro atoms. The maximum Gasteiger partial charge on any atom is 0.354 e. The Morgan fingerprint density at radius 3 is 2.47 bits per heavy atom. The normalized spacial score (nSPS) is 10.9. The highest BCUT2D eigenvalue weighted by atomic mass is 16.5. The smallest absolute Gasteiger partial charge is 0.354 e. The van der Waals surface area contributed by atoms with Gasteiger partial charge in [0.1, 0.15) is 11.3 Å². The van der Waals surface area contributed by atoms with Crippen LogP contribution >= 0.6 is 0 Å². The molecule has 0 fully saturated rings. The van der Waals surface area contributed by atoms with E-state index in [0.29, 0.717) is 34.6 Å². The number of carbonyl (C=O) groups is 3. The van der Waals surface area contributed by atoms with Crippen LogP contribution in [0.25, 0.3) is 21.9 Å². The van der Waals surface area contributed by atoms with Crippen LogP contribution in [-0.2, 0) is 9.53 Å². The average molecular weight is 405 g/mol. The number of aromatic nitrogens is 1. The van der Waals surface area contributed by atoms with Crippen molar-refractivity contribution < 1.29 is 23.5 Å². The minimum Gasteiger partial charge on any atom is -0.461 e. The molecule has 2 aromatic carbocycles. The molecule has 3 N–H and O–H groups in total. The van der Waals surface area contributed by atoms with Crippen molar-refractivity contribution in [3.63, 3.8) is 0 Å². The second-order valence-corrected chi connectivity index (χ2v) is 6.70. The van der Waals surface area contributed by atoms with Gasteiger partial charge in [-0.15, -0.1) is 0 Å². The first-order valence-corrected chi connectivity index (χ1v) is 9.35. The molecule has 2 heterocycles. The van der Waals surface area contributed by atoms with Gasteiger partial charge < -0.3 is 24.8 Å². The molecule has 152 valence electrons. The molecule has 2 aromatic heterocycles. The van der Waals surface area contributed by atoms with E-state index >= 15 is 0 Å². The van der Waals surface area contributed by atoms with Crippen LogP contribution in [0.5, 0.6) is 0 Å². The van der Waals surface area contributed by atoms with Crippen LogP contribution in [-0.4, -0.2) is 29.4 Å². The van der Waals surface area contributed by atoms with Gasteiger partial charge in [0.15, 0.2) is 5.76 Å². The summed E-state index contributed by atoms with van der Waals surface area (Å²) in [6, 6.07) is 13.7. The molecule has 0 aliphatic carbocycles. The molecule has 0 saturated heterocycles. The fraction of sp³-hybridized carbons (Fsp3) is 0.136. The molecule has 0 radical (unpaired) electrons. The van der Waals surface area contributed by atoms with Crippen LogP contribution in [0.4, 0.5) is 11.4 Å². The molecule has 0 atom stereocenters. The highest BCUT2D eigenvalue weighted by Gasteiger charge is 2.15. The number of hydrogen-bond donors (Lipinski definition) is 3. The fourth-order valence-corrected chi connectivity index (χ4v) is 3.16. The maximum atomic E-state index is 12.6. The van der Waals surface area contributed by atoms with Crippen molar-refractivity contribution in [1.82, 2.24) is 4.98 Å². The van der Waals surface area contributed by atoms with E-state index in [1.807, 2.05) is 0 Å². The Kier molecular flexibility index (Phi) is 4.97. The number of hydrogen-bond acceptors (Lipinski definition) is 5. The molecule has 0 saturated carbocycles. The monoisotopic (exact) mass is 405 g/mol. The fourth-order valence-electron chi connectivity index (χ4n) is 3.16. The lowest BCUT2D eigenvalue weighted by molar-refractivity contribution is -0.114. The molecular weight excluding hydrogens is 386 g/mol. The number of rotatable bonds is 5. The van der Waals surface area contributed by atoms with Crippen molar-refractivity contribution in [1.29, 1.82) is 0 Å². The van der Waals surface area contributed by atoms with Gasteiger partial charge in [-0.1, -0.05) is 0 Å². The van der Waals surface area contributed by atoms with Gasteiger partial charge in [-0.25, -0.2) is 4.79 Å². The van der Waals surface area contributed by atoms with E-state index in [2.05, 4.69) is 15.6 Å². The molecule has 0 bridgehead atoms. The lowest BCUT2D eigenvalue weighted by atomic mass is 10.2. The van der Waals surface area contributed by atoms with Gasteiger partial charge in [-0.3, -0.25) is 9.59 Å². The van der Waals surface area contributed by atoms with Crippen molar-refractivity contribution in [3.05, 3.63) is 60.0 Å². The van der Waals surface area contributed by atoms with E-state index < -0.39 is 11.9 Å². The first-order valence-electron chi connectivity index (χ1n) is 9.35. The van der Waals surface area contributed by atoms with E-state index in [1.54, 1.807) is 55.5 Å². The number of fused-ring (bicyclic) bond motifs is 2. The predicted molar refractivity (Wildman–Crippen MR) is 113 cm³/mol. The third kappa shape index (κ3) is 3.88. The van der Waals surface area contributed by atoms with Crippen molar-refractivity contribution in [3.8, 4) is 0 Å². The standard InChI is InChI=1S/C22H19N3O5/c1-3-29-22(28)18-10-13-8-16(4-6-17(13)25-18)24-21(27)20-11-14-9-15(23-12(2)26)5-7-19(14)30-20/h4-11,25H,3H2,1-2H3,(H,23,26)(H,24,27). The maximum absolute atomic E-state index is 12.6. The van der Waals surface area contributed by atoms with Gasteiger partial charge in [0.25, 0.3) is 5.91 Å². The number of benzene rings is 2. The minimum atomic E-state index is -0.430. The van der Waals surface area contributed by atoms with Gasteiger partial charge in [0.05, 0.1) is 6.61 Å². The van der Waals surface area contributed by atoms with Crippen LogP contribution in [0.2, 0.25) is 0 Å². The molecular formula is C22H19N3O5. The Morgan fingerprint density at radius 1 is 0.967 bits per heavy atom. The third-order valence-electron chi connectivity index (χ3n) is 4.43. The zero-order valence-corrected chi connectivity index (χ0v) is 16.4. The molecule has 8 heteroatoms. The number of nitrogens with one attached hydrogen (secondary N) is 3. The summed E-state index contributed by atoms with van der Waals surface area (Å²) in [6.07, 6.45) is 0. The van der Waals surface area contributed by atoms with Crippen LogP contribution in [0.3, 0.4) is 0 Å². The van der Waals surface area contributed by atoms with E-state index in [9.17, 15) is 14.4 Å². The predicted octanol–water partition coefficient (Wildman–Crippen LogP) is 4.30. The molecule has 4 rings (SSSR count). The first kappa shape index (κ1) is 19.3. The van der Waals surface area contributed by atoms with Crippen molar-refractivity contribution in [2.24, 2.45) is 0 Å². The average Bonchev–Trinajstić information content (AvgIpc) is 3.31. The third-order valence-corrected chi connectivity index (χ3v) is 4.43. The first-order chi connectivity index (χ1) is 14.4. The molecule has 8 nitrogen and oxygen atoms in total. The van der Waals surface area contributed by atoms with Crippen LogP contribution in [0, 0.1) is 0 Å². The summed E-state index contributed by atoms with van der Waals surface area (Å²) >= 11 is 0. The largest absolute Gasteiger partial charge is 0.461 e. The van der Waals surface area contributed by atoms with Crippen molar-refractivity contribution in [2.75, 3.05) is 17.2 Å². The molecule has 0 aliphatic rings. The van der Waals surface area contributed by atoms with Gasteiger partial charge in [0.2, 0.25) is 5.91 Å². The Hall–Kier alpha value is -4.07. The summed E-state index contributed by atoms with van der Waals surface area (Å²) in [6.45, 7) is 3.46. The zero-order chi connectivity index (χ0) is 21.3. The number of furan rings is 1. The SMILES string of the molecule is CCOC(=O)c1cc2cc(NC(=O)c3cc4cc(NC(C)=O)ccc4o3)ccc2[nH]1.